The Bertz CT molecular complexity index is 1250. The maximum absolute atomic E-state index is 13.8. The summed E-state index contributed by atoms with van der Waals surface area (Å²) in [6, 6.07) is 20.2. The largest absolute Gasteiger partial charge is 0.289 e. The SMILES string of the molecule is O=C1C(c2ccccc2)=C2C3=CC=CC4C(Br)=CC=C(C2=C1c1ccccc1)C34. The van der Waals surface area contributed by atoms with Crippen molar-refractivity contribution in [3.05, 3.63) is 129 Å². The number of benzene rings is 2. The summed E-state index contributed by atoms with van der Waals surface area (Å²) < 4.78 is 1.20. The Kier molecular flexibility index (Phi) is 3.66. The number of fused-ring (bicyclic) bond motifs is 3. The fourth-order valence-electron chi connectivity index (χ4n) is 5.10. The van der Waals surface area contributed by atoms with Gasteiger partial charge in [-0.3, -0.25) is 4.79 Å². The van der Waals surface area contributed by atoms with Gasteiger partial charge in [0, 0.05) is 27.5 Å². The molecular weight excluding hydrogens is 420 g/mol. The molecule has 2 atom stereocenters. The van der Waals surface area contributed by atoms with Crippen molar-refractivity contribution in [2.24, 2.45) is 11.8 Å². The molecule has 2 aromatic carbocycles. The van der Waals surface area contributed by atoms with Crippen molar-refractivity contribution in [1.29, 1.82) is 0 Å². The average Bonchev–Trinajstić information content (AvgIpc) is 3.24. The van der Waals surface area contributed by atoms with Gasteiger partial charge < -0.3 is 0 Å². The number of rotatable bonds is 2. The summed E-state index contributed by atoms with van der Waals surface area (Å²) >= 11 is 3.76. The maximum Gasteiger partial charge on any atom is 0.195 e. The van der Waals surface area contributed by atoms with Gasteiger partial charge in [-0.1, -0.05) is 107 Å². The molecule has 138 valence electrons. The van der Waals surface area contributed by atoms with E-state index in [1.54, 1.807) is 0 Å². The predicted octanol–water partition coefficient (Wildman–Crippen LogP) is 6.44. The zero-order chi connectivity index (χ0) is 19.5. The van der Waals surface area contributed by atoms with Crippen LogP contribution < -0.4 is 0 Å². The standard InChI is InChI=1S/C27H17BrO/c28-21-15-14-20-24-18(21)12-7-13-19(24)25-22(16-8-3-1-4-9-16)27(29)23(26(20)25)17-10-5-2-6-11-17/h1-15,18,24H. The quantitative estimate of drug-likeness (QED) is 0.529. The first-order valence-electron chi connectivity index (χ1n) is 9.86. The van der Waals surface area contributed by atoms with Gasteiger partial charge in [0.15, 0.2) is 5.78 Å². The minimum Gasteiger partial charge on any atom is -0.289 e. The minimum atomic E-state index is 0.132. The molecule has 2 aromatic rings. The molecule has 4 aliphatic rings. The molecule has 0 radical (unpaired) electrons. The van der Waals surface area contributed by atoms with Gasteiger partial charge in [-0.05, 0) is 33.4 Å². The van der Waals surface area contributed by atoms with Crippen molar-refractivity contribution in [3.8, 4) is 0 Å². The van der Waals surface area contributed by atoms with Crippen LogP contribution >= 0.6 is 15.9 Å². The summed E-state index contributed by atoms with van der Waals surface area (Å²) in [6.45, 7) is 0. The fraction of sp³-hybridized carbons (Fsp3) is 0.0741. The van der Waals surface area contributed by atoms with E-state index in [0.29, 0.717) is 5.92 Å². The van der Waals surface area contributed by atoms with Crippen molar-refractivity contribution >= 4 is 32.9 Å². The highest BCUT2D eigenvalue weighted by Crippen LogP contribution is 2.60. The second-order valence-corrected chi connectivity index (χ2v) is 8.66. The highest BCUT2D eigenvalue weighted by Gasteiger charge is 2.48. The van der Waals surface area contributed by atoms with E-state index < -0.39 is 0 Å². The number of Topliss-reactive ketones (excluding diaryl/α,β-unsaturated/α-hetero) is 1. The van der Waals surface area contributed by atoms with E-state index in [0.717, 1.165) is 33.4 Å². The molecule has 2 heteroatoms. The fourth-order valence-corrected chi connectivity index (χ4v) is 5.65. The molecule has 0 saturated heterocycles. The van der Waals surface area contributed by atoms with Gasteiger partial charge in [0.2, 0.25) is 0 Å². The molecule has 1 nitrogen and oxygen atoms in total. The van der Waals surface area contributed by atoms with E-state index in [1.807, 2.05) is 60.7 Å². The Morgan fingerprint density at radius 1 is 0.655 bits per heavy atom. The molecular formula is C27H17BrO. The number of hydrogen-bond acceptors (Lipinski definition) is 1. The lowest BCUT2D eigenvalue weighted by molar-refractivity contribution is -0.108. The van der Waals surface area contributed by atoms with Crippen LogP contribution in [0.2, 0.25) is 0 Å². The predicted molar refractivity (Wildman–Crippen MR) is 121 cm³/mol. The third-order valence-corrected chi connectivity index (χ3v) is 7.06. The van der Waals surface area contributed by atoms with E-state index in [9.17, 15) is 4.79 Å². The number of halogens is 1. The topological polar surface area (TPSA) is 17.1 Å². The Balaban J connectivity index is 1.70. The molecule has 0 aromatic heterocycles. The van der Waals surface area contributed by atoms with E-state index >= 15 is 0 Å². The molecule has 2 unspecified atom stereocenters. The molecule has 0 spiro atoms. The smallest absolute Gasteiger partial charge is 0.195 e. The van der Waals surface area contributed by atoms with E-state index in [1.165, 1.54) is 15.6 Å². The lowest BCUT2D eigenvalue weighted by atomic mass is 9.77. The summed E-state index contributed by atoms with van der Waals surface area (Å²) in [5.74, 6) is 0.701. The second-order valence-electron chi connectivity index (χ2n) is 7.75. The third-order valence-electron chi connectivity index (χ3n) is 6.27. The molecule has 1 fully saturated rings. The van der Waals surface area contributed by atoms with Crippen LogP contribution in [-0.4, -0.2) is 5.78 Å². The maximum atomic E-state index is 13.8. The van der Waals surface area contributed by atoms with Crippen LogP contribution in [0, 0.1) is 11.8 Å². The number of ketones is 1. The van der Waals surface area contributed by atoms with Crippen LogP contribution in [0.25, 0.3) is 11.1 Å². The van der Waals surface area contributed by atoms with Gasteiger partial charge in [0.05, 0.1) is 0 Å². The molecule has 0 aliphatic heterocycles. The van der Waals surface area contributed by atoms with Crippen molar-refractivity contribution < 1.29 is 4.79 Å². The van der Waals surface area contributed by atoms with E-state index in [2.05, 4.69) is 46.3 Å². The Hall–Kier alpha value is -2.97. The zero-order valence-corrected chi connectivity index (χ0v) is 17.2. The Morgan fingerprint density at radius 3 is 1.79 bits per heavy atom. The van der Waals surface area contributed by atoms with Gasteiger partial charge >= 0.3 is 0 Å². The molecule has 0 N–H and O–H groups in total. The van der Waals surface area contributed by atoms with E-state index in [-0.39, 0.29) is 11.7 Å². The third kappa shape index (κ3) is 2.30. The minimum absolute atomic E-state index is 0.132. The molecule has 1 saturated carbocycles. The van der Waals surface area contributed by atoms with Gasteiger partial charge in [-0.2, -0.15) is 0 Å². The highest BCUT2D eigenvalue weighted by atomic mass is 79.9. The first-order chi connectivity index (χ1) is 14.3. The second kappa shape index (κ2) is 6.27. The van der Waals surface area contributed by atoms with Crippen molar-refractivity contribution in [2.45, 2.75) is 0 Å². The van der Waals surface area contributed by atoms with Crippen LogP contribution in [0.4, 0.5) is 0 Å². The first-order valence-corrected chi connectivity index (χ1v) is 10.7. The van der Waals surface area contributed by atoms with Crippen molar-refractivity contribution in [1.82, 2.24) is 0 Å². The van der Waals surface area contributed by atoms with Gasteiger partial charge in [0.25, 0.3) is 0 Å². The van der Waals surface area contributed by atoms with Crippen LogP contribution in [0.15, 0.2) is 118 Å². The molecule has 29 heavy (non-hydrogen) atoms. The molecule has 0 bridgehead atoms. The molecule has 6 rings (SSSR count). The molecule has 4 aliphatic carbocycles. The highest BCUT2D eigenvalue weighted by molar-refractivity contribution is 9.11. The summed E-state index contributed by atoms with van der Waals surface area (Å²) in [5, 5.41) is 0. The average molecular weight is 437 g/mol. The summed E-state index contributed by atoms with van der Waals surface area (Å²) in [5.41, 5.74) is 8.45. The monoisotopic (exact) mass is 436 g/mol. The van der Waals surface area contributed by atoms with Gasteiger partial charge in [0.1, 0.15) is 0 Å². The summed E-state index contributed by atoms with van der Waals surface area (Å²) in [4.78, 5) is 13.8. The van der Waals surface area contributed by atoms with Crippen LogP contribution in [0.1, 0.15) is 11.1 Å². The Labute approximate surface area is 178 Å². The van der Waals surface area contributed by atoms with Gasteiger partial charge in [-0.25, -0.2) is 0 Å². The summed E-state index contributed by atoms with van der Waals surface area (Å²) in [7, 11) is 0. The van der Waals surface area contributed by atoms with Crippen LogP contribution in [0.3, 0.4) is 0 Å². The Morgan fingerprint density at radius 2 is 1.21 bits per heavy atom. The number of carbonyl (C=O) groups is 1. The molecule has 0 amide bonds. The van der Waals surface area contributed by atoms with E-state index in [4.69, 9.17) is 0 Å². The lowest BCUT2D eigenvalue weighted by Gasteiger charge is -2.28. The van der Waals surface area contributed by atoms with Crippen LogP contribution in [0.5, 0.6) is 0 Å². The normalized spacial score (nSPS) is 24.3. The number of allylic oxidation sites excluding steroid dienone is 12. The number of carbonyl (C=O) groups excluding carboxylic acids is 1. The van der Waals surface area contributed by atoms with Gasteiger partial charge in [-0.15, -0.1) is 0 Å². The van der Waals surface area contributed by atoms with Crippen molar-refractivity contribution in [2.75, 3.05) is 0 Å². The lowest BCUT2D eigenvalue weighted by Crippen LogP contribution is -2.19. The summed E-state index contributed by atoms with van der Waals surface area (Å²) in [6.07, 6.45) is 10.9. The molecule has 0 heterocycles. The zero-order valence-electron chi connectivity index (χ0n) is 15.6. The van der Waals surface area contributed by atoms with Crippen LogP contribution in [-0.2, 0) is 4.79 Å². The number of hydrogen-bond donors (Lipinski definition) is 0. The first kappa shape index (κ1) is 16.9. The van der Waals surface area contributed by atoms with Crippen molar-refractivity contribution in [3.63, 3.8) is 0 Å².